The van der Waals surface area contributed by atoms with Gasteiger partial charge in [-0.25, -0.2) is 0 Å². The molecule has 1 unspecified atom stereocenters. The highest BCUT2D eigenvalue weighted by Crippen LogP contribution is 2.18. The average molecular weight is 308 g/mol. The average Bonchev–Trinajstić information content (AvgIpc) is 2.95. The number of nitrogens with one attached hydrogen (secondary N) is 2. The molecule has 0 bridgehead atoms. The van der Waals surface area contributed by atoms with E-state index >= 15 is 0 Å². The van der Waals surface area contributed by atoms with Gasteiger partial charge >= 0.3 is 6.01 Å². The Morgan fingerprint density at radius 2 is 2.05 bits per heavy atom. The predicted octanol–water partition coefficient (Wildman–Crippen LogP) is 3.37. The van der Waals surface area contributed by atoms with Gasteiger partial charge in [0.15, 0.2) is 0 Å². The predicted molar refractivity (Wildman–Crippen MR) is 86.7 cm³/mol. The molecule has 0 aliphatic carbocycles. The van der Waals surface area contributed by atoms with Gasteiger partial charge in [-0.1, -0.05) is 5.10 Å². The van der Waals surface area contributed by atoms with Crippen LogP contribution in [0.15, 0.2) is 16.5 Å². The van der Waals surface area contributed by atoms with Crippen molar-refractivity contribution in [3.63, 3.8) is 0 Å². The van der Waals surface area contributed by atoms with Crippen LogP contribution in [0.3, 0.4) is 0 Å². The Hall–Kier alpha value is -1.40. The molecule has 6 heteroatoms. The van der Waals surface area contributed by atoms with Gasteiger partial charge in [0.25, 0.3) is 0 Å². The van der Waals surface area contributed by atoms with Gasteiger partial charge in [0, 0.05) is 27.8 Å². The van der Waals surface area contributed by atoms with Crippen molar-refractivity contribution in [3.8, 4) is 0 Å². The van der Waals surface area contributed by atoms with Crippen LogP contribution in [-0.4, -0.2) is 21.8 Å². The number of rotatable bonds is 6. The van der Waals surface area contributed by atoms with Crippen LogP contribution in [0.25, 0.3) is 0 Å². The molecular weight excluding hydrogens is 284 g/mol. The van der Waals surface area contributed by atoms with E-state index in [1.165, 1.54) is 9.75 Å². The van der Waals surface area contributed by atoms with Crippen molar-refractivity contribution in [3.05, 3.63) is 27.8 Å². The Morgan fingerprint density at radius 1 is 1.29 bits per heavy atom. The second-order valence-electron chi connectivity index (χ2n) is 6.37. The molecule has 0 saturated heterocycles. The van der Waals surface area contributed by atoms with Crippen LogP contribution in [0.4, 0.5) is 6.01 Å². The zero-order valence-electron chi connectivity index (χ0n) is 13.4. The number of aryl methyl sites for hydroxylation is 1. The first-order valence-corrected chi connectivity index (χ1v) is 8.03. The summed E-state index contributed by atoms with van der Waals surface area (Å²) in [5.74, 6) is 0.603. The topological polar surface area (TPSA) is 63.0 Å². The Morgan fingerprint density at radius 3 is 2.67 bits per heavy atom. The van der Waals surface area contributed by atoms with Gasteiger partial charge in [0.05, 0.1) is 6.54 Å². The van der Waals surface area contributed by atoms with E-state index in [0.717, 1.165) is 6.42 Å². The Labute approximate surface area is 130 Å². The van der Waals surface area contributed by atoms with Gasteiger partial charge in [-0.2, -0.15) is 0 Å². The van der Waals surface area contributed by atoms with Crippen molar-refractivity contribution in [2.75, 3.05) is 5.32 Å². The largest absolute Gasteiger partial charge is 0.407 e. The summed E-state index contributed by atoms with van der Waals surface area (Å²) in [6, 6.07) is 5.06. The van der Waals surface area contributed by atoms with Crippen molar-refractivity contribution in [2.45, 2.75) is 59.2 Å². The van der Waals surface area contributed by atoms with Crippen molar-refractivity contribution in [1.29, 1.82) is 0 Å². The van der Waals surface area contributed by atoms with E-state index in [-0.39, 0.29) is 11.6 Å². The fraction of sp³-hybridized carbons (Fsp3) is 0.600. The minimum atomic E-state index is 0.0341. The summed E-state index contributed by atoms with van der Waals surface area (Å²) in [4.78, 5) is 2.70. The third kappa shape index (κ3) is 5.47. The van der Waals surface area contributed by atoms with Crippen molar-refractivity contribution < 1.29 is 4.42 Å². The molecule has 0 amide bonds. The molecule has 2 aromatic heterocycles. The van der Waals surface area contributed by atoms with Gasteiger partial charge in [0.2, 0.25) is 5.89 Å². The van der Waals surface area contributed by atoms with Gasteiger partial charge in [-0.15, -0.1) is 16.4 Å². The third-order valence-electron chi connectivity index (χ3n) is 2.91. The lowest BCUT2D eigenvalue weighted by Crippen LogP contribution is -2.35. The van der Waals surface area contributed by atoms with Crippen LogP contribution in [-0.2, 0) is 13.0 Å². The molecule has 5 nitrogen and oxygen atoms in total. The van der Waals surface area contributed by atoms with Gasteiger partial charge in [0.1, 0.15) is 0 Å². The van der Waals surface area contributed by atoms with Crippen molar-refractivity contribution >= 4 is 17.4 Å². The van der Waals surface area contributed by atoms with Gasteiger partial charge in [-0.3, -0.25) is 0 Å². The molecule has 0 fully saturated rings. The van der Waals surface area contributed by atoms with Gasteiger partial charge in [-0.05, 0) is 46.8 Å². The maximum Gasteiger partial charge on any atom is 0.315 e. The highest BCUT2D eigenvalue weighted by molar-refractivity contribution is 7.11. The van der Waals surface area contributed by atoms with Crippen molar-refractivity contribution in [1.82, 2.24) is 15.5 Å². The summed E-state index contributed by atoms with van der Waals surface area (Å²) in [7, 11) is 0. The normalized spacial score (nSPS) is 13.4. The van der Waals surface area contributed by atoms with Crippen LogP contribution >= 0.6 is 11.3 Å². The first-order valence-electron chi connectivity index (χ1n) is 7.21. The molecule has 0 spiro atoms. The molecule has 1 atom stereocenters. The van der Waals surface area contributed by atoms with Crippen LogP contribution in [0, 0.1) is 6.92 Å². The fourth-order valence-electron chi connectivity index (χ4n) is 1.88. The Kier molecular flexibility index (Phi) is 5.00. The minimum Gasteiger partial charge on any atom is -0.407 e. The maximum absolute atomic E-state index is 5.60. The lowest BCUT2D eigenvalue weighted by atomic mass is 10.1. The lowest BCUT2D eigenvalue weighted by Gasteiger charge is -2.18. The monoisotopic (exact) mass is 308 g/mol. The molecule has 2 rings (SSSR count). The molecule has 2 N–H and O–H groups in total. The molecule has 0 aliphatic heterocycles. The first-order chi connectivity index (χ1) is 9.82. The highest BCUT2D eigenvalue weighted by Gasteiger charge is 2.13. The molecule has 2 aromatic rings. The Bertz CT molecular complexity index is 570. The summed E-state index contributed by atoms with van der Waals surface area (Å²) < 4.78 is 5.60. The highest BCUT2D eigenvalue weighted by atomic mass is 32.1. The Balaban J connectivity index is 1.84. The van der Waals surface area contributed by atoms with E-state index in [4.69, 9.17) is 4.42 Å². The summed E-state index contributed by atoms with van der Waals surface area (Å²) in [6.07, 6.45) is 0.955. The molecule has 116 valence electrons. The molecule has 0 saturated carbocycles. The summed E-state index contributed by atoms with van der Waals surface area (Å²) in [6.45, 7) is 11.1. The molecule has 0 aromatic carbocycles. The number of hydrogen-bond acceptors (Lipinski definition) is 6. The number of thiophene rings is 1. The zero-order chi connectivity index (χ0) is 15.5. The summed E-state index contributed by atoms with van der Waals surface area (Å²) in [5, 5.41) is 14.7. The third-order valence-corrected chi connectivity index (χ3v) is 3.93. The van der Waals surface area contributed by atoms with Crippen LogP contribution in [0.2, 0.25) is 0 Å². The summed E-state index contributed by atoms with van der Waals surface area (Å²) in [5.41, 5.74) is 0.0341. The van der Waals surface area contributed by atoms with Crippen LogP contribution < -0.4 is 10.6 Å². The van der Waals surface area contributed by atoms with Crippen molar-refractivity contribution in [2.24, 2.45) is 0 Å². The van der Waals surface area contributed by atoms with Crippen LogP contribution in [0.5, 0.6) is 0 Å². The maximum atomic E-state index is 5.60. The smallest absolute Gasteiger partial charge is 0.315 e. The number of aromatic nitrogens is 2. The molecule has 21 heavy (non-hydrogen) atoms. The second kappa shape index (κ2) is 6.58. The number of anilines is 1. The quantitative estimate of drug-likeness (QED) is 0.856. The van der Waals surface area contributed by atoms with E-state index in [1.807, 2.05) is 11.3 Å². The van der Waals surface area contributed by atoms with E-state index in [1.54, 1.807) is 0 Å². The second-order valence-corrected chi connectivity index (χ2v) is 7.74. The number of hydrogen-bond donors (Lipinski definition) is 2. The standard InChI is InChI=1S/C15H24N4OS/c1-10(8-12-7-6-11(2)21-12)17-14-19-18-13(20-14)9-16-15(3,4)5/h6-7,10,16H,8-9H2,1-5H3,(H,17,19). The van der Waals surface area contributed by atoms with Crippen LogP contribution in [0.1, 0.15) is 43.3 Å². The molecule has 2 heterocycles. The molecule has 0 radical (unpaired) electrons. The zero-order valence-corrected chi connectivity index (χ0v) is 14.2. The van der Waals surface area contributed by atoms with E-state index in [9.17, 15) is 0 Å². The van der Waals surface area contributed by atoms with E-state index in [0.29, 0.717) is 18.5 Å². The lowest BCUT2D eigenvalue weighted by molar-refractivity contribution is 0.383. The number of nitrogens with zero attached hydrogens (tertiary/aromatic N) is 2. The van der Waals surface area contributed by atoms with E-state index < -0.39 is 0 Å². The first kappa shape index (κ1) is 16.0. The summed E-state index contributed by atoms with van der Waals surface area (Å²) >= 11 is 1.83. The van der Waals surface area contributed by atoms with E-state index in [2.05, 4.69) is 67.6 Å². The SMILES string of the molecule is Cc1ccc(CC(C)Nc2nnc(CNC(C)(C)C)o2)s1. The molecule has 0 aliphatic rings. The molecular formula is C15H24N4OS. The minimum absolute atomic E-state index is 0.0341. The van der Waals surface area contributed by atoms with Gasteiger partial charge < -0.3 is 15.1 Å². The fourth-order valence-corrected chi connectivity index (χ4v) is 2.90.